The molecule has 1 aliphatic rings. The number of carbonyl (C=O) groups excluding carboxylic acids is 1. The van der Waals surface area contributed by atoms with Crippen molar-refractivity contribution in [3.05, 3.63) is 28.8 Å². The monoisotopic (exact) mass is 283 g/mol. The second-order valence-electron chi connectivity index (χ2n) is 4.88. The molecule has 0 radical (unpaired) electrons. The summed E-state index contributed by atoms with van der Waals surface area (Å²) in [5.74, 6) is -0.0415. The summed E-state index contributed by atoms with van der Waals surface area (Å²) in [6.45, 7) is 4.84. The number of Topliss-reactive ketones (excluding diaryl/α,β-unsaturated/α-hetero) is 1. The number of hydrogen-bond acceptors (Lipinski definition) is 4. The zero-order valence-electron chi connectivity index (χ0n) is 11.1. The summed E-state index contributed by atoms with van der Waals surface area (Å²) in [5.41, 5.74) is 1.48. The van der Waals surface area contributed by atoms with Gasteiger partial charge in [0.1, 0.15) is 0 Å². The quantitative estimate of drug-likeness (QED) is 0.864. The van der Waals surface area contributed by atoms with E-state index in [1.54, 1.807) is 12.1 Å². The number of aliphatic hydroxyl groups is 1. The molecule has 1 heterocycles. The summed E-state index contributed by atoms with van der Waals surface area (Å²) in [6, 6.07) is 5.42. The Morgan fingerprint density at radius 3 is 2.84 bits per heavy atom. The van der Waals surface area contributed by atoms with Crippen LogP contribution in [0.1, 0.15) is 24.2 Å². The highest BCUT2D eigenvalue weighted by molar-refractivity contribution is 6.34. The number of rotatable bonds is 3. The van der Waals surface area contributed by atoms with Crippen LogP contribution in [0.3, 0.4) is 0 Å². The topological polar surface area (TPSA) is 49.8 Å². The van der Waals surface area contributed by atoms with Gasteiger partial charge in [0.25, 0.3) is 0 Å². The molecule has 2 unspecified atom stereocenters. The maximum atomic E-state index is 11.4. The minimum absolute atomic E-state index is 0.000101. The van der Waals surface area contributed by atoms with Gasteiger partial charge in [-0.15, -0.1) is 0 Å². The Bertz CT molecular complexity index is 478. The van der Waals surface area contributed by atoms with E-state index < -0.39 is 0 Å². The number of morpholine rings is 1. The van der Waals surface area contributed by atoms with Crippen molar-refractivity contribution in [1.29, 1.82) is 0 Å². The van der Waals surface area contributed by atoms with E-state index in [4.69, 9.17) is 16.3 Å². The molecule has 5 heteroatoms. The van der Waals surface area contributed by atoms with E-state index in [1.807, 2.05) is 13.0 Å². The van der Waals surface area contributed by atoms with Gasteiger partial charge in [0, 0.05) is 24.3 Å². The summed E-state index contributed by atoms with van der Waals surface area (Å²) >= 11 is 6.12. The number of benzene rings is 1. The van der Waals surface area contributed by atoms with Gasteiger partial charge in [-0.1, -0.05) is 11.6 Å². The fourth-order valence-corrected chi connectivity index (χ4v) is 2.65. The predicted octanol–water partition coefficient (Wildman–Crippen LogP) is 2.13. The van der Waals surface area contributed by atoms with Crippen molar-refractivity contribution in [2.24, 2.45) is 0 Å². The Hall–Kier alpha value is -1.10. The largest absolute Gasteiger partial charge is 0.394 e. The number of ether oxygens (including phenoxy) is 1. The molecule has 1 aromatic rings. The van der Waals surface area contributed by atoms with Crippen molar-refractivity contribution in [3.8, 4) is 0 Å². The lowest BCUT2D eigenvalue weighted by atomic mass is 10.1. The van der Waals surface area contributed by atoms with Crippen LogP contribution >= 0.6 is 11.6 Å². The first-order valence-corrected chi connectivity index (χ1v) is 6.70. The van der Waals surface area contributed by atoms with Gasteiger partial charge in [0.15, 0.2) is 5.78 Å². The molecule has 0 amide bonds. The molecule has 2 rings (SSSR count). The minimum Gasteiger partial charge on any atom is -0.394 e. The van der Waals surface area contributed by atoms with Crippen molar-refractivity contribution in [3.63, 3.8) is 0 Å². The molecule has 0 aromatic heterocycles. The fourth-order valence-electron chi connectivity index (χ4n) is 2.34. The molecule has 1 aromatic carbocycles. The molecule has 0 saturated carbocycles. The van der Waals surface area contributed by atoms with Crippen molar-refractivity contribution in [1.82, 2.24) is 0 Å². The standard InChI is InChI=1S/C14H18ClNO3/c1-9-6-16(7-12(8-17)19-9)11-3-4-13(10(2)18)14(15)5-11/h3-5,9,12,17H,6-8H2,1-2H3. The third kappa shape index (κ3) is 3.26. The van der Waals surface area contributed by atoms with Crippen LogP contribution in [-0.4, -0.2) is 42.8 Å². The Balaban J connectivity index is 2.21. The second-order valence-corrected chi connectivity index (χ2v) is 5.28. The first-order valence-electron chi connectivity index (χ1n) is 6.33. The first-order chi connectivity index (χ1) is 9.01. The van der Waals surface area contributed by atoms with Crippen LogP contribution in [0.15, 0.2) is 18.2 Å². The molecule has 104 valence electrons. The number of aliphatic hydroxyl groups excluding tert-OH is 1. The van der Waals surface area contributed by atoms with E-state index in [0.717, 1.165) is 12.2 Å². The Kier molecular flexibility index (Phi) is 4.45. The highest BCUT2D eigenvalue weighted by atomic mass is 35.5. The maximum absolute atomic E-state index is 11.4. The van der Waals surface area contributed by atoms with Crippen LogP contribution in [0.25, 0.3) is 0 Å². The molecule has 0 bridgehead atoms. The normalized spacial score (nSPS) is 23.5. The summed E-state index contributed by atoms with van der Waals surface area (Å²) in [6.07, 6.45) is -0.132. The molecule has 19 heavy (non-hydrogen) atoms. The van der Waals surface area contributed by atoms with Gasteiger partial charge >= 0.3 is 0 Å². The summed E-state index contributed by atoms with van der Waals surface area (Å²) in [5, 5.41) is 9.69. The summed E-state index contributed by atoms with van der Waals surface area (Å²) < 4.78 is 5.60. The Labute approximate surface area is 117 Å². The predicted molar refractivity (Wildman–Crippen MR) is 75.1 cm³/mol. The first kappa shape index (κ1) is 14.3. The van der Waals surface area contributed by atoms with Crippen LogP contribution in [0, 0.1) is 0 Å². The van der Waals surface area contributed by atoms with E-state index in [1.165, 1.54) is 6.92 Å². The average molecular weight is 284 g/mol. The highest BCUT2D eigenvalue weighted by Crippen LogP contribution is 2.26. The van der Waals surface area contributed by atoms with Crippen molar-refractivity contribution in [2.75, 3.05) is 24.6 Å². The lowest BCUT2D eigenvalue weighted by Gasteiger charge is -2.37. The van der Waals surface area contributed by atoms with Gasteiger partial charge in [-0.3, -0.25) is 4.79 Å². The van der Waals surface area contributed by atoms with Crippen LogP contribution < -0.4 is 4.90 Å². The molecule has 2 atom stereocenters. The highest BCUT2D eigenvalue weighted by Gasteiger charge is 2.25. The SMILES string of the molecule is CC(=O)c1ccc(N2CC(C)OC(CO)C2)cc1Cl. The fraction of sp³-hybridized carbons (Fsp3) is 0.500. The molecule has 1 saturated heterocycles. The third-order valence-electron chi connectivity index (χ3n) is 3.23. The van der Waals surface area contributed by atoms with Crippen molar-refractivity contribution < 1.29 is 14.6 Å². The van der Waals surface area contributed by atoms with Crippen LogP contribution in [-0.2, 0) is 4.74 Å². The van der Waals surface area contributed by atoms with Gasteiger partial charge in [0.2, 0.25) is 0 Å². The number of carbonyl (C=O) groups is 1. The molecule has 0 aliphatic carbocycles. The number of anilines is 1. The van der Waals surface area contributed by atoms with Gasteiger partial charge in [-0.05, 0) is 32.0 Å². The summed E-state index contributed by atoms with van der Waals surface area (Å²) in [7, 11) is 0. The number of ketones is 1. The molecule has 1 fully saturated rings. The second kappa shape index (κ2) is 5.90. The zero-order valence-corrected chi connectivity index (χ0v) is 11.9. The maximum Gasteiger partial charge on any atom is 0.161 e. The van der Waals surface area contributed by atoms with E-state index in [-0.39, 0.29) is 24.6 Å². The van der Waals surface area contributed by atoms with Crippen molar-refractivity contribution >= 4 is 23.1 Å². The molecular weight excluding hydrogens is 266 g/mol. The van der Waals surface area contributed by atoms with Gasteiger partial charge in [0.05, 0.1) is 23.8 Å². The molecular formula is C14H18ClNO3. The number of halogens is 1. The van der Waals surface area contributed by atoms with Gasteiger partial charge in [-0.25, -0.2) is 0 Å². The van der Waals surface area contributed by atoms with Crippen molar-refractivity contribution in [2.45, 2.75) is 26.1 Å². The molecule has 0 spiro atoms. The Morgan fingerprint density at radius 2 is 2.26 bits per heavy atom. The van der Waals surface area contributed by atoms with Gasteiger partial charge in [-0.2, -0.15) is 0 Å². The van der Waals surface area contributed by atoms with Gasteiger partial charge < -0.3 is 14.7 Å². The average Bonchev–Trinajstić information content (AvgIpc) is 2.37. The third-order valence-corrected chi connectivity index (χ3v) is 3.54. The molecule has 1 aliphatic heterocycles. The van der Waals surface area contributed by atoms with Crippen LogP contribution in [0.2, 0.25) is 5.02 Å². The smallest absolute Gasteiger partial charge is 0.161 e. The van der Waals surface area contributed by atoms with E-state index in [0.29, 0.717) is 17.1 Å². The lowest BCUT2D eigenvalue weighted by molar-refractivity contribution is -0.0421. The van der Waals surface area contributed by atoms with Crippen LogP contribution in [0.5, 0.6) is 0 Å². The van der Waals surface area contributed by atoms with Crippen LogP contribution in [0.4, 0.5) is 5.69 Å². The summed E-state index contributed by atoms with van der Waals surface area (Å²) in [4.78, 5) is 13.5. The number of hydrogen-bond donors (Lipinski definition) is 1. The van der Waals surface area contributed by atoms with E-state index in [9.17, 15) is 9.90 Å². The molecule has 4 nitrogen and oxygen atoms in total. The Morgan fingerprint density at radius 1 is 1.53 bits per heavy atom. The molecule has 1 N–H and O–H groups in total. The lowest BCUT2D eigenvalue weighted by Crippen LogP contribution is -2.48. The van der Waals surface area contributed by atoms with E-state index in [2.05, 4.69) is 4.90 Å². The minimum atomic E-state index is -0.185. The zero-order chi connectivity index (χ0) is 14.0. The number of nitrogens with zero attached hydrogens (tertiary/aromatic N) is 1. The van der Waals surface area contributed by atoms with E-state index >= 15 is 0 Å².